The maximum Gasteiger partial charge on any atom is 0.289 e. The van der Waals surface area contributed by atoms with Crippen LogP contribution in [0.4, 0.5) is 0 Å². The highest BCUT2D eigenvalue weighted by molar-refractivity contribution is 5.98. The first-order chi connectivity index (χ1) is 12.1. The van der Waals surface area contributed by atoms with E-state index in [1.54, 1.807) is 4.90 Å². The molecule has 0 aliphatic carbocycles. The van der Waals surface area contributed by atoms with E-state index >= 15 is 0 Å². The number of carbonyl (C=O) groups is 1. The first-order valence-corrected chi connectivity index (χ1v) is 9.49. The van der Waals surface area contributed by atoms with Crippen LogP contribution in [-0.4, -0.2) is 37.1 Å². The number of fused-ring (bicyclic) bond motifs is 1. The molecule has 1 amide bonds. The van der Waals surface area contributed by atoms with Gasteiger partial charge in [0.15, 0.2) is 5.76 Å². The zero-order valence-electron chi connectivity index (χ0n) is 15.6. The van der Waals surface area contributed by atoms with Crippen LogP contribution < -0.4 is 0 Å². The third kappa shape index (κ3) is 4.06. The van der Waals surface area contributed by atoms with Crippen molar-refractivity contribution in [1.82, 2.24) is 4.90 Å². The molecule has 0 saturated carbocycles. The van der Waals surface area contributed by atoms with Crippen molar-refractivity contribution in [1.29, 1.82) is 0 Å². The fraction of sp³-hybridized carbons (Fsp3) is 0.571. The number of amides is 1. The zero-order valence-corrected chi connectivity index (χ0v) is 15.6. The van der Waals surface area contributed by atoms with Crippen LogP contribution in [0, 0.1) is 6.92 Å². The third-order valence-electron chi connectivity index (χ3n) is 5.12. The second kappa shape index (κ2) is 8.05. The second-order valence-electron chi connectivity index (χ2n) is 7.14. The summed E-state index contributed by atoms with van der Waals surface area (Å²) in [5.74, 6) is 0.446. The molecule has 0 bridgehead atoms. The molecule has 0 radical (unpaired) electrons. The second-order valence-corrected chi connectivity index (χ2v) is 7.14. The summed E-state index contributed by atoms with van der Waals surface area (Å²) in [6, 6.07) is 6.24. The van der Waals surface area contributed by atoms with Gasteiger partial charge < -0.3 is 14.1 Å². The predicted molar refractivity (Wildman–Crippen MR) is 100 cm³/mol. The van der Waals surface area contributed by atoms with Gasteiger partial charge in [-0.05, 0) is 56.7 Å². The third-order valence-corrected chi connectivity index (χ3v) is 5.12. The lowest BCUT2D eigenvalue weighted by molar-refractivity contribution is 0.0736. The van der Waals surface area contributed by atoms with E-state index in [2.05, 4.69) is 19.1 Å². The largest absolute Gasteiger partial charge is 0.451 e. The lowest BCUT2D eigenvalue weighted by Crippen LogP contribution is -2.28. The molecule has 1 fully saturated rings. The van der Waals surface area contributed by atoms with Crippen LogP contribution in [0.3, 0.4) is 0 Å². The Morgan fingerprint density at radius 1 is 1.36 bits per heavy atom. The summed E-state index contributed by atoms with van der Waals surface area (Å²) < 4.78 is 11.5. The predicted octanol–water partition coefficient (Wildman–Crippen LogP) is 4.72. The zero-order chi connectivity index (χ0) is 17.8. The highest BCUT2D eigenvalue weighted by Crippen LogP contribution is 2.27. The van der Waals surface area contributed by atoms with Gasteiger partial charge in [0.2, 0.25) is 0 Å². The Balaban J connectivity index is 1.66. The number of hydrogen-bond acceptors (Lipinski definition) is 3. The van der Waals surface area contributed by atoms with Gasteiger partial charge in [0, 0.05) is 31.1 Å². The first kappa shape index (κ1) is 18.0. The number of hydrogen-bond donors (Lipinski definition) is 0. The van der Waals surface area contributed by atoms with Crippen molar-refractivity contribution >= 4 is 16.9 Å². The van der Waals surface area contributed by atoms with Crippen molar-refractivity contribution in [3.8, 4) is 0 Å². The van der Waals surface area contributed by atoms with Crippen LogP contribution in [-0.2, 0) is 11.2 Å². The number of rotatable bonds is 7. The molecule has 25 heavy (non-hydrogen) atoms. The van der Waals surface area contributed by atoms with Crippen molar-refractivity contribution < 1.29 is 13.9 Å². The molecule has 1 aromatic heterocycles. The Bertz CT molecular complexity index is 728. The van der Waals surface area contributed by atoms with Gasteiger partial charge in [0.1, 0.15) is 5.58 Å². The van der Waals surface area contributed by atoms with Gasteiger partial charge >= 0.3 is 0 Å². The van der Waals surface area contributed by atoms with Crippen molar-refractivity contribution in [2.24, 2.45) is 0 Å². The van der Waals surface area contributed by atoms with Crippen molar-refractivity contribution in [3.63, 3.8) is 0 Å². The van der Waals surface area contributed by atoms with E-state index in [0.717, 1.165) is 68.2 Å². The van der Waals surface area contributed by atoms with E-state index in [4.69, 9.17) is 9.15 Å². The van der Waals surface area contributed by atoms with Gasteiger partial charge in [0.25, 0.3) is 5.91 Å². The smallest absolute Gasteiger partial charge is 0.289 e. The molecule has 1 atom stereocenters. The van der Waals surface area contributed by atoms with E-state index < -0.39 is 0 Å². The normalized spacial score (nSPS) is 17.3. The van der Waals surface area contributed by atoms with E-state index in [-0.39, 0.29) is 5.91 Å². The van der Waals surface area contributed by atoms with Gasteiger partial charge in [0.05, 0.1) is 6.10 Å². The topological polar surface area (TPSA) is 42.7 Å². The van der Waals surface area contributed by atoms with Crippen LogP contribution >= 0.6 is 0 Å². The number of benzene rings is 1. The summed E-state index contributed by atoms with van der Waals surface area (Å²) in [5.41, 5.74) is 3.04. The van der Waals surface area contributed by atoms with Crippen LogP contribution in [0.2, 0.25) is 0 Å². The highest BCUT2D eigenvalue weighted by Gasteiger charge is 2.22. The molecule has 136 valence electrons. The average Bonchev–Trinajstić information content (AvgIpc) is 3.23. The molecule has 1 saturated heterocycles. The quantitative estimate of drug-likeness (QED) is 0.730. The van der Waals surface area contributed by atoms with Gasteiger partial charge in [-0.15, -0.1) is 0 Å². The summed E-state index contributed by atoms with van der Waals surface area (Å²) in [4.78, 5) is 14.5. The molecule has 0 N–H and O–H groups in total. The Labute approximate surface area is 150 Å². The molecule has 2 heterocycles. The molecule has 2 aromatic rings. The number of furan rings is 1. The molecule has 1 aliphatic heterocycles. The average molecular weight is 343 g/mol. The van der Waals surface area contributed by atoms with Crippen LogP contribution in [0.1, 0.15) is 60.7 Å². The van der Waals surface area contributed by atoms with Gasteiger partial charge in [-0.25, -0.2) is 0 Å². The van der Waals surface area contributed by atoms with E-state index in [9.17, 15) is 4.79 Å². The van der Waals surface area contributed by atoms with E-state index in [1.807, 2.05) is 20.0 Å². The molecule has 0 spiro atoms. The number of nitrogens with zero attached hydrogens (tertiary/aromatic N) is 1. The molecule has 1 unspecified atom stereocenters. The van der Waals surface area contributed by atoms with Crippen LogP contribution in [0.15, 0.2) is 22.6 Å². The fourth-order valence-corrected chi connectivity index (χ4v) is 3.62. The van der Waals surface area contributed by atoms with Crippen molar-refractivity contribution in [2.75, 3.05) is 20.2 Å². The van der Waals surface area contributed by atoms with Gasteiger partial charge in [-0.1, -0.05) is 19.4 Å². The first-order valence-electron chi connectivity index (χ1n) is 9.49. The monoisotopic (exact) mass is 343 g/mol. The molecular formula is C21H29NO3. The number of carbonyl (C=O) groups excluding carboxylic acids is 1. The molecule has 3 rings (SSSR count). The van der Waals surface area contributed by atoms with Gasteiger partial charge in [-0.3, -0.25) is 4.79 Å². The summed E-state index contributed by atoms with van der Waals surface area (Å²) >= 11 is 0. The lowest BCUT2D eigenvalue weighted by Gasteiger charge is -2.17. The minimum Gasteiger partial charge on any atom is -0.451 e. The number of aryl methyl sites for hydroxylation is 2. The maximum atomic E-state index is 12.8. The van der Waals surface area contributed by atoms with Crippen LogP contribution in [0.25, 0.3) is 11.0 Å². The Morgan fingerprint density at radius 3 is 2.92 bits per heavy atom. The SMILES string of the molecule is CCCc1ccc2oc(C(=O)N(C)CCCC3CCCO3)c(C)c2c1. The summed E-state index contributed by atoms with van der Waals surface area (Å²) in [7, 11) is 1.85. The Morgan fingerprint density at radius 2 is 2.20 bits per heavy atom. The van der Waals surface area contributed by atoms with Gasteiger partial charge in [-0.2, -0.15) is 0 Å². The standard InChI is InChI=1S/C21H29NO3/c1-4-7-16-10-11-19-18(14-16)15(2)20(25-19)21(23)22(3)12-5-8-17-9-6-13-24-17/h10-11,14,17H,4-9,12-13H2,1-3H3. The highest BCUT2D eigenvalue weighted by atomic mass is 16.5. The van der Waals surface area contributed by atoms with Crippen LogP contribution in [0.5, 0.6) is 0 Å². The lowest BCUT2D eigenvalue weighted by atomic mass is 10.1. The summed E-state index contributed by atoms with van der Waals surface area (Å²) in [5, 5.41) is 1.06. The Hall–Kier alpha value is -1.81. The Kier molecular flexibility index (Phi) is 5.79. The molecule has 1 aromatic carbocycles. The molecule has 4 heteroatoms. The molecule has 4 nitrogen and oxygen atoms in total. The maximum absolute atomic E-state index is 12.8. The minimum absolute atomic E-state index is 0.0296. The minimum atomic E-state index is -0.0296. The summed E-state index contributed by atoms with van der Waals surface area (Å²) in [6.45, 7) is 5.77. The van der Waals surface area contributed by atoms with Crippen molar-refractivity contribution in [3.05, 3.63) is 35.1 Å². The molecule has 1 aliphatic rings. The number of ether oxygens (including phenoxy) is 1. The van der Waals surface area contributed by atoms with E-state index in [0.29, 0.717) is 11.9 Å². The fourth-order valence-electron chi connectivity index (χ4n) is 3.62. The van der Waals surface area contributed by atoms with Crippen molar-refractivity contribution in [2.45, 2.75) is 58.5 Å². The van der Waals surface area contributed by atoms with E-state index in [1.165, 1.54) is 5.56 Å². The summed E-state index contributed by atoms with van der Waals surface area (Å²) in [6.07, 6.45) is 6.85. The molecular weight excluding hydrogens is 314 g/mol.